The van der Waals surface area contributed by atoms with Crippen molar-refractivity contribution in [2.75, 3.05) is 36.4 Å². The summed E-state index contributed by atoms with van der Waals surface area (Å²) >= 11 is 0. The lowest BCUT2D eigenvalue weighted by molar-refractivity contribution is -0.137. The van der Waals surface area contributed by atoms with E-state index in [1.165, 1.54) is 18.5 Å². The number of benzene rings is 1. The summed E-state index contributed by atoms with van der Waals surface area (Å²) in [6, 6.07) is 4.01. The van der Waals surface area contributed by atoms with Gasteiger partial charge in [-0.2, -0.15) is 13.2 Å². The minimum atomic E-state index is -4.41. The number of urea groups is 1. The van der Waals surface area contributed by atoms with Crippen LogP contribution in [0, 0.1) is 0 Å². The molecule has 30 heavy (non-hydrogen) atoms. The van der Waals surface area contributed by atoms with Gasteiger partial charge in [0.1, 0.15) is 6.33 Å². The molecular weight excluding hydrogens is 401 g/mol. The minimum Gasteiger partial charge on any atom is -0.351 e. The number of carbonyl (C=O) groups excluding carboxylic acids is 1. The number of nitrogens with zero attached hydrogens (tertiary/aromatic N) is 7. The van der Waals surface area contributed by atoms with Crippen molar-refractivity contribution in [3.8, 4) is 0 Å². The average molecular weight is 420 g/mol. The molecule has 1 fully saturated rings. The van der Waals surface area contributed by atoms with Crippen LogP contribution >= 0.6 is 0 Å². The van der Waals surface area contributed by atoms with Gasteiger partial charge in [-0.25, -0.2) is 19.4 Å². The Hall–Kier alpha value is -3.44. The van der Waals surface area contributed by atoms with Crippen LogP contribution in [0.1, 0.15) is 12.5 Å². The monoisotopic (exact) mass is 420 g/mol. The fourth-order valence-electron chi connectivity index (χ4n) is 3.29. The zero-order chi connectivity index (χ0) is 21.3. The third-order valence-corrected chi connectivity index (χ3v) is 4.91. The topological polar surface area (TPSA) is 92.1 Å². The molecule has 0 saturated carbocycles. The minimum absolute atomic E-state index is 0.309. The second-order valence-corrected chi connectivity index (χ2v) is 6.75. The molecule has 12 heteroatoms. The molecule has 0 bridgehead atoms. The molecule has 158 valence electrons. The largest absolute Gasteiger partial charge is 0.416 e. The van der Waals surface area contributed by atoms with E-state index in [0.29, 0.717) is 55.4 Å². The average Bonchev–Trinajstić information content (AvgIpc) is 3.17. The maximum absolute atomic E-state index is 12.6. The fraction of sp³-hybridized carbons (Fsp3) is 0.389. The third-order valence-electron chi connectivity index (χ3n) is 4.91. The highest BCUT2D eigenvalue weighted by Gasteiger charge is 2.30. The summed E-state index contributed by atoms with van der Waals surface area (Å²) in [7, 11) is 0. The summed E-state index contributed by atoms with van der Waals surface area (Å²) < 4.78 is 39.6. The van der Waals surface area contributed by atoms with Gasteiger partial charge in [0.15, 0.2) is 17.0 Å². The first-order chi connectivity index (χ1) is 14.4. The van der Waals surface area contributed by atoms with Gasteiger partial charge >= 0.3 is 12.2 Å². The molecule has 0 unspecified atom stereocenters. The molecule has 0 atom stereocenters. The van der Waals surface area contributed by atoms with E-state index in [9.17, 15) is 18.0 Å². The molecule has 1 aliphatic heterocycles. The lowest BCUT2D eigenvalue weighted by Crippen LogP contribution is -2.50. The molecule has 1 saturated heterocycles. The van der Waals surface area contributed by atoms with Gasteiger partial charge in [0.2, 0.25) is 0 Å². The quantitative estimate of drug-likeness (QED) is 0.700. The van der Waals surface area contributed by atoms with E-state index in [4.69, 9.17) is 0 Å². The van der Waals surface area contributed by atoms with Crippen LogP contribution in [0.5, 0.6) is 0 Å². The zero-order valence-electron chi connectivity index (χ0n) is 16.1. The smallest absolute Gasteiger partial charge is 0.351 e. The number of anilines is 2. The fourth-order valence-corrected chi connectivity index (χ4v) is 3.29. The Bertz CT molecular complexity index is 1040. The van der Waals surface area contributed by atoms with E-state index >= 15 is 0 Å². The lowest BCUT2D eigenvalue weighted by atomic mass is 10.2. The van der Waals surface area contributed by atoms with Gasteiger partial charge in [-0.1, -0.05) is 5.21 Å². The van der Waals surface area contributed by atoms with Crippen molar-refractivity contribution < 1.29 is 18.0 Å². The van der Waals surface area contributed by atoms with E-state index in [0.717, 1.165) is 12.1 Å². The zero-order valence-corrected chi connectivity index (χ0v) is 16.1. The number of halogens is 3. The molecule has 0 spiro atoms. The van der Waals surface area contributed by atoms with Gasteiger partial charge in [0.05, 0.1) is 5.56 Å². The molecular formula is C18H19F3N8O. The SMILES string of the molecule is CCn1nnc2c(N3CCN(C(=O)Nc4ccc(C(F)(F)F)cc4)CC3)ncnc21. The maximum atomic E-state index is 12.6. The number of hydrogen-bond acceptors (Lipinski definition) is 6. The van der Waals surface area contributed by atoms with Crippen LogP contribution < -0.4 is 10.2 Å². The Labute approximate surface area is 169 Å². The third kappa shape index (κ3) is 3.84. The summed E-state index contributed by atoms with van der Waals surface area (Å²) in [5, 5.41) is 10.9. The highest BCUT2D eigenvalue weighted by atomic mass is 19.4. The number of hydrogen-bond donors (Lipinski definition) is 1. The highest BCUT2D eigenvalue weighted by Crippen LogP contribution is 2.30. The number of carbonyl (C=O) groups is 1. The number of aromatic nitrogens is 5. The van der Waals surface area contributed by atoms with E-state index in [1.807, 2.05) is 11.8 Å². The summed E-state index contributed by atoms with van der Waals surface area (Å²) in [5.74, 6) is 0.669. The van der Waals surface area contributed by atoms with Crippen molar-refractivity contribution in [1.82, 2.24) is 29.9 Å². The number of rotatable bonds is 3. The normalized spacial score (nSPS) is 14.9. The van der Waals surface area contributed by atoms with Crippen LogP contribution in [-0.2, 0) is 12.7 Å². The molecule has 2 amide bonds. The van der Waals surface area contributed by atoms with Crippen LogP contribution in [0.25, 0.3) is 11.2 Å². The standard InChI is InChI=1S/C18H19F3N8O/c1-2-29-16-14(25-26-29)15(22-11-23-16)27-7-9-28(10-8-27)17(30)24-13-5-3-12(4-6-13)18(19,20)21/h3-6,11H,2,7-10H2,1H3,(H,24,30). The Kier molecular flexibility index (Phi) is 5.14. The van der Waals surface area contributed by atoms with Crippen molar-refractivity contribution in [1.29, 1.82) is 0 Å². The molecule has 9 nitrogen and oxygen atoms in total. The number of aryl methyl sites for hydroxylation is 1. The van der Waals surface area contributed by atoms with Crippen molar-refractivity contribution >= 4 is 28.7 Å². The first kappa shape index (κ1) is 19.9. The number of amides is 2. The molecule has 3 heterocycles. The van der Waals surface area contributed by atoms with E-state index in [1.54, 1.807) is 9.58 Å². The number of fused-ring (bicyclic) bond motifs is 1. The van der Waals surface area contributed by atoms with Gasteiger partial charge in [-0.05, 0) is 31.2 Å². The predicted molar refractivity (Wildman–Crippen MR) is 103 cm³/mol. The van der Waals surface area contributed by atoms with Gasteiger partial charge in [0.25, 0.3) is 0 Å². The van der Waals surface area contributed by atoms with Gasteiger partial charge in [-0.3, -0.25) is 0 Å². The van der Waals surface area contributed by atoms with Crippen LogP contribution in [0.2, 0.25) is 0 Å². The second-order valence-electron chi connectivity index (χ2n) is 6.75. The summed E-state index contributed by atoms with van der Waals surface area (Å²) in [5.41, 5.74) is 0.821. The Morgan fingerprint density at radius 2 is 1.80 bits per heavy atom. The molecule has 1 aliphatic rings. The van der Waals surface area contributed by atoms with E-state index in [2.05, 4.69) is 25.6 Å². The van der Waals surface area contributed by atoms with Gasteiger partial charge in [-0.15, -0.1) is 5.10 Å². The van der Waals surface area contributed by atoms with Crippen molar-refractivity contribution in [3.05, 3.63) is 36.2 Å². The first-order valence-electron chi connectivity index (χ1n) is 9.39. The molecule has 0 radical (unpaired) electrons. The van der Waals surface area contributed by atoms with Crippen LogP contribution in [0.3, 0.4) is 0 Å². The molecule has 1 aromatic carbocycles. The van der Waals surface area contributed by atoms with Crippen LogP contribution in [-0.4, -0.2) is 62.1 Å². The molecule has 3 aromatic rings. The van der Waals surface area contributed by atoms with Crippen molar-refractivity contribution in [3.63, 3.8) is 0 Å². The predicted octanol–water partition coefficient (Wildman–Crippen LogP) is 2.61. The molecule has 4 rings (SSSR count). The maximum Gasteiger partial charge on any atom is 0.416 e. The van der Waals surface area contributed by atoms with Crippen LogP contribution in [0.4, 0.5) is 29.5 Å². The number of alkyl halides is 3. The van der Waals surface area contributed by atoms with Gasteiger partial charge in [0, 0.05) is 38.4 Å². The van der Waals surface area contributed by atoms with Crippen LogP contribution in [0.15, 0.2) is 30.6 Å². The Morgan fingerprint density at radius 3 is 2.43 bits per heavy atom. The van der Waals surface area contributed by atoms with Gasteiger partial charge < -0.3 is 15.1 Å². The van der Waals surface area contributed by atoms with Crippen molar-refractivity contribution in [2.24, 2.45) is 0 Å². The number of nitrogens with one attached hydrogen (secondary N) is 1. The molecule has 0 aliphatic carbocycles. The Balaban J connectivity index is 1.39. The van der Waals surface area contributed by atoms with E-state index < -0.39 is 11.7 Å². The van der Waals surface area contributed by atoms with E-state index in [-0.39, 0.29) is 6.03 Å². The molecule has 1 N–H and O–H groups in total. The first-order valence-corrected chi connectivity index (χ1v) is 9.39. The number of piperazine rings is 1. The Morgan fingerprint density at radius 1 is 1.10 bits per heavy atom. The van der Waals surface area contributed by atoms with Crippen molar-refractivity contribution in [2.45, 2.75) is 19.6 Å². The summed E-state index contributed by atoms with van der Waals surface area (Å²) in [6.07, 6.45) is -2.94. The summed E-state index contributed by atoms with van der Waals surface area (Å²) in [6.45, 7) is 4.52. The lowest BCUT2D eigenvalue weighted by Gasteiger charge is -2.35. The summed E-state index contributed by atoms with van der Waals surface area (Å²) in [4.78, 5) is 24.7. The highest BCUT2D eigenvalue weighted by molar-refractivity contribution is 5.89. The second kappa shape index (κ2) is 7.76. The molecule has 2 aromatic heterocycles.